The number of hydrogen-bond donors (Lipinski definition) is 1. The number of imidazole rings is 1. The maximum Gasteiger partial charge on any atom is 0.251 e. The van der Waals surface area contributed by atoms with Crippen molar-refractivity contribution in [2.24, 2.45) is 7.05 Å². The van der Waals surface area contributed by atoms with E-state index in [4.69, 9.17) is 0 Å². The number of nitrogens with one attached hydrogen (secondary N) is 1. The van der Waals surface area contributed by atoms with E-state index in [0.717, 1.165) is 29.7 Å². The lowest BCUT2D eigenvalue weighted by Gasteiger charge is -2.12. The largest absolute Gasteiger partial charge is 0.350 e. The number of aromatic nitrogens is 2. The first-order chi connectivity index (χ1) is 9.02. The Hall–Kier alpha value is -1.84. The van der Waals surface area contributed by atoms with Crippen LogP contribution in [0, 0.1) is 6.92 Å². The Bertz CT molecular complexity index is 601. The van der Waals surface area contributed by atoms with Gasteiger partial charge in [0.05, 0.1) is 11.0 Å². The highest BCUT2D eigenvalue weighted by molar-refractivity contribution is 5.97. The van der Waals surface area contributed by atoms with Gasteiger partial charge >= 0.3 is 0 Å². The van der Waals surface area contributed by atoms with Crippen LogP contribution in [-0.2, 0) is 7.05 Å². The molecule has 0 spiro atoms. The van der Waals surface area contributed by atoms with Gasteiger partial charge in [0.2, 0.25) is 0 Å². The molecule has 0 saturated heterocycles. The van der Waals surface area contributed by atoms with Crippen molar-refractivity contribution in [1.29, 1.82) is 0 Å². The zero-order valence-corrected chi connectivity index (χ0v) is 12.0. The molecule has 0 aliphatic carbocycles. The molecule has 2 rings (SSSR count). The molecule has 4 heteroatoms. The van der Waals surface area contributed by atoms with Crippen molar-refractivity contribution >= 4 is 16.9 Å². The highest BCUT2D eigenvalue weighted by atomic mass is 16.1. The van der Waals surface area contributed by atoms with Crippen LogP contribution < -0.4 is 5.32 Å². The Morgan fingerprint density at radius 2 is 2.21 bits per heavy atom. The van der Waals surface area contributed by atoms with Gasteiger partial charge in [0, 0.05) is 18.7 Å². The summed E-state index contributed by atoms with van der Waals surface area (Å²) in [7, 11) is 1.98. The van der Waals surface area contributed by atoms with Crippen LogP contribution in [0.5, 0.6) is 0 Å². The lowest BCUT2D eigenvalue weighted by molar-refractivity contribution is 0.0938. The van der Waals surface area contributed by atoms with Crippen LogP contribution in [0.15, 0.2) is 18.2 Å². The third kappa shape index (κ3) is 2.78. The van der Waals surface area contributed by atoms with Crippen LogP contribution in [0.2, 0.25) is 0 Å². The Kier molecular flexibility index (Phi) is 3.88. The third-order valence-corrected chi connectivity index (χ3v) is 3.47. The number of nitrogens with zero attached hydrogens (tertiary/aromatic N) is 2. The maximum absolute atomic E-state index is 12.1. The van der Waals surface area contributed by atoms with E-state index < -0.39 is 0 Å². The Labute approximate surface area is 113 Å². The minimum atomic E-state index is -0.0221. The molecule has 0 saturated carbocycles. The van der Waals surface area contributed by atoms with Crippen LogP contribution >= 0.6 is 0 Å². The second-order valence-electron chi connectivity index (χ2n) is 5.08. The second-order valence-corrected chi connectivity index (χ2v) is 5.08. The quantitative estimate of drug-likeness (QED) is 0.917. The fraction of sp³-hybridized carbons (Fsp3) is 0.467. The molecule has 0 bridgehead atoms. The number of carbonyl (C=O) groups excluding carboxylic acids is 1. The molecule has 1 aromatic carbocycles. The Morgan fingerprint density at radius 1 is 1.47 bits per heavy atom. The third-order valence-electron chi connectivity index (χ3n) is 3.47. The standard InChI is InChI=1S/C15H21N3O/c1-5-6-10(2)16-15(19)12-7-8-14-13(9-12)17-11(3)18(14)4/h7-10H,5-6H2,1-4H3,(H,16,19)/t10-/m1/s1. The highest BCUT2D eigenvalue weighted by Crippen LogP contribution is 2.16. The number of hydrogen-bond acceptors (Lipinski definition) is 2. The number of rotatable bonds is 4. The predicted octanol–water partition coefficient (Wildman–Crippen LogP) is 2.80. The monoisotopic (exact) mass is 259 g/mol. The van der Waals surface area contributed by atoms with Gasteiger partial charge in [-0.2, -0.15) is 0 Å². The SMILES string of the molecule is CCC[C@@H](C)NC(=O)c1ccc2c(c1)nc(C)n2C. The molecule has 0 fully saturated rings. The Balaban J connectivity index is 2.23. The van der Waals surface area contributed by atoms with Crippen LogP contribution in [0.1, 0.15) is 42.9 Å². The number of fused-ring (bicyclic) bond motifs is 1. The molecule has 0 radical (unpaired) electrons. The molecule has 19 heavy (non-hydrogen) atoms. The average Bonchev–Trinajstić information content (AvgIpc) is 2.65. The van der Waals surface area contributed by atoms with Gasteiger partial charge in [-0.1, -0.05) is 13.3 Å². The smallest absolute Gasteiger partial charge is 0.251 e. The predicted molar refractivity (Wildman–Crippen MR) is 77.3 cm³/mol. The number of aryl methyl sites for hydroxylation is 2. The summed E-state index contributed by atoms with van der Waals surface area (Å²) in [5.74, 6) is 0.929. The number of carbonyl (C=O) groups is 1. The molecule has 0 unspecified atom stereocenters. The summed E-state index contributed by atoms with van der Waals surface area (Å²) in [5, 5.41) is 3.01. The lowest BCUT2D eigenvalue weighted by Crippen LogP contribution is -2.32. The minimum absolute atomic E-state index is 0.0221. The van der Waals surface area contributed by atoms with Crippen molar-refractivity contribution in [3.8, 4) is 0 Å². The van der Waals surface area contributed by atoms with Gasteiger partial charge in [0.15, 0.2) is 0 Å². The fourth-order valence-electron chi connectivity index (χ4n) is 2.27. The van der Waals surface area contributed by atoms with Crippen molar-refractivity contribution < 1.29 is 4.79 Å². The molecular formula is C15H21N3O. The zero-order chi connectivity index (χ0) is 14.0. The van der Waals surface area contributed by atoms with E-state index in [-0.39, 0.29) is 11.9 Å². The van der Waals surface area contributed by atoms with Crippen molar-refractivity contribution in [3.05, 3.63) is 29.6 Å². The molecule has 0 aliphatic heterocycles. The first kappa shape index (κ1) is 13.6. The van der Waals surface area contributed by atoms with Crippen LogP contribution in [0.4, 0.5) is 0 Å². The van der Waals surface area contributed by atoms with E-state index in [1.807, 2.05) is 43.7 Å². The van der Waals surface area contributed by atoms with Gasteiger partial charge in [-0.25, -0.2) is 4.98 Å². The van der Waals surface area contributed by atoms with Crippen LogP contribution in [-0.4, -0.2) is 21.5 Å². The highest BCUT2D eigenvalue weighted by Gasteiger charge is 2.11. The van der Waals surface area contributed by atoms with Gasteiger partial charge in [-0.05, 0) is 38.5 Å². The normalized spacial score (nSPS) is 12.6. The fourth-order valence-corrected chi connectivity index (χ4v) is 2.27. The summed E-state index contributed by atoms with van der Waals surface area (Å²) in [6, 6.07) is 5.88. The van der Waals surface area contributed by atoms with E-state index >= 15 is 0 Å². The number of amides is 1. The first-order valence-corrected chi connectivity index (χ1v) is 6.77. The molecule has 1 heterocycles. The van der Waals surface area contributed by atoms with E-state index in [0.29, 0.717) is 5.56 Å². The van der Waals surface area contributed by atoms with Gasteiger partial charge in [0.1, 0.15) is 5.82 Å². The second kappa shape index (κ2) is 5.43. The first-order valence-electron chi connectivity index (χ1n) is 6.77. The molecule has 4 nitrogen and oxygen atoms in total. The molecule has 1 amide bonds. The van der Waals surface area contributed by atoms with Crippen molar-refractivity contribution in [2.75, 3.05) is 0 Å². The summed E-state index contributed by atoms with van der Waals surface area (Å²) in [4.78, 5) is 16.6. The zero-order valence-electron chi connectivity index (χ0n) is 12.0. The molecular weight excluding hydrogens is 238 g/mol. The van der Waals surface area contributed by atoms with Gasteiger partial charge in [0.25, 0.3) is 5.91 Å². The van der Waals surface area contributed by atoms with Crippen molar-refractivity contribution in [3.63, 3.8) is 0 Å². The molecule has 102 valence electrons. The molecule has 2 aromatic rings. The average molecular weight is 259 g/mol. The van der Waals surface area contributed by atoms with E-state index in [1.54, 1.807) is 0 Å². The van der Waals surface area contributed by atoms with Gasteiger partial charge in [-0.3, -0.25) is 4.79 Å². The lowest BCUT2D eigenvalue weighted by atomic mass is 10.1. The summed E-state index contributed by atoms with van der Waals surface area (Å²) >= 11 is 0. The summed E-state index contributed by atoms with van der Waals surface area (Å²) in [6.07, 6.45) is 2.07. The number of benzene rings is 1. The van der Waals surface area contributed by atoms with Crippen LogP contribution in [0.25, 0.3) is 11.0 Å². The van der Waals surface area contributed by atoms with Gasteiger partial charge in [-0.15, -0.1) is 0 Å². The molecule has 1 N–H and O–H groups in total. The minimum Gasteiger partial charge on any atom is -0.350 e. The maximum atomic E-state index is 12.1. The van der Waals surface area contributed by atoms with Crippen molar-refractivity contribution in [2.45, 2.75) is 39.7 Å². The summed E-state index contributed by atoms with van der Waals surface area (Å²) in [5.41, 5.74) is 2.60. The van der Waals surface area contributed by atoms with E-state index in [2.05, 4.69) is 17.2 Å². The van der Waals surface area contributed by atoms with Gasteiger partial charge < -0.3 is 9.88 Å². The molecule has 0 aliphatic rings. The van der Waals surface area contributed by atoms with E-state index in [1.165, 1.54) is 0 Å². The summed E-state index contributed by atoms with van der Waals surface area (Å²) in [6.45, 7) is 6.11. The molecule has 1 atom stereocenters. The Morgan fingerprint density at radius 3 is 2.89 bits per heavy atom. The van der Waals surface area contributed by atoms with E-state index in [9.17, 15) is 4.79 Å². The van der Waals surface area contributed by atoms with Crippen molar-refractivity contribution in [1.82, 2.24) is 14.9 Å². The topological polar surface area (TPSA) is 46.9 Å². The summed E-state index contributed by atoms with van der Waals surface area (Å²) < 4.78 is 2.02. The van der Waals surface area contributed by atoms with Crippen LogP contribution in [0.3, 0.4) is 0 Å². The molecule has 1 aromatic heterocycles.